The highest BCUT2D eigenvalue weighted by Crippen LogP contribution is 2.33. The highest BCUT2D eigenvalue weighted by atomic mass is 19.4. The van der Waals surface area contributed by atoms with Crippen LogP contribution >= 0.6 is 0 Å². The van der Waals surface area contributed by atoms with Crippen molar-refractivity contribution in [1.82, 2.24) is 14.3 Å². The lowest BCUT2D eigenvalue weighted by Crippen LogP contribution is -2.23. The molecule has 0 fully saturated rings. The van der Waals surface area contributed by atoms with Gasteiger partial charge in [-0.1, -0.05) is 11.6 Å². The molecule has 2 aromatic rings. The molecule has 1 aliphatic carbocycles. The molecule has 0 amide bonds. The summed E-state index contributed by atoms with van der Waals surface area (Å²) in [7, 11) is 1.58. The molecule has 22 heavy (non-hydrogen) atoms. The fraction of sp³-hybridized carbons (Fsp3) is 0.467. The van der Waals surface area contributed by atoms with Crippen LogP contribution in [-0.4, -0.2) is 14.3 Å². The van der Waals surface area contributed by atoms with Gasteiger partial charge in [0.2, 0.25) is 0 Å². The number of aryl methyl sites for hydroxylation is 2. The third-order valence-electron chi connectivity index (χ3n) is 4.04. The van der Waals surface area contributed by atoms with Crippen molar-refractivity contribution in [3.05, 3.63) is 39.3 Å². The van der Waals surface area contributed by atoms with Crippen molar-refractivity contribution in [2.45, 2.75) is 38.9 Å². The molecule has 3 rings (SSSR count). The number of hydrogen-bond donors (Lipinski definition) is 0. The summed E-state index contributed by atoms with van der Waals surface area (Å²) < 4.78 is 42.4. The van der Waals surface area contributed by atoms with E-state index in [1.54, 1.807) is 7.05 Å². The molecule has 0 saturated carbocycles. The van der Waals surface area contributed by atoms with Gasteiger partial charge < -0.3 is 0 Å². The molecule has 1 aliphatic rings. The molecule has 0 radical (unpaired) electrons. The summed E-state index contributed by atoms with van der Waals surface area (Å²) in [6.45, 7) is 1.82. The highest BCUT2D eigenvalue weighted by Gasteiger charge is 2.36. The van der Waals surface area contributed by atoms with E-state index in [-0.39, 0.29) is 16.7 Å². The summed E-state index contributed by atoms with van der Waals surface area (Å²) in [4.78, 5) is 16.6. The first-order valence-electron chi connectivity index (χ1n) is 7.11. The van der Waals surface area contributed by atoms with Gasteiger partial charge in [0.25, 0.3) is 5.56 Å². The van der Waals surface area contributed by atoms with Crippen molar-refractivity contribution in [2.24, 2.45) is 7.05 Å². The molecule has 0 aromatic carbocycles. The molecular weight excluding hydrogens is 295 g/mol. The Morgan fingerprint density at radius 1 is 1.36 bits per heavy atom. The van der Waals surface area contributed by atoms with Crippen LogP contribution in [0.2, 0.25) is 0 Å². The van der Waals surface area contributed by atoms with E-state index in [0.717, 1.165) is 30.9 Å². The summed E-state index contributed by atoms with van der Waals surface area (Å²) in [5.74, 6) is 0. The number of aromatic nitrogens is 3. The fourth-order valence-electron chi connectivity index (χ4n) is 2.96. The number of rotatable bonds is 2. The van der Waals surface area contributed by atoms with Gasteiger partial charge >= 0.3 is 6.18 Å². The Bertz CT molecular complexity index is 827. The standard InChI is InChI=1S/C15H16F3N3O/c1-9-7-11(15(16,17)18)12-13(19-9)20(2)21(14(12)22)8-10-5-3-4-6-10/h5,7H,3-4,6,8H2,1-2H3. The molecule has 0 unspecified atom stereocenters. The maximum atomic E-state index is 13.2. The van der Waals surface area contributed by atoms with Crippen molar-refractivity contribution in [3.63, 3.8) is 0 Å². The van der Waals surface area contributed by atoms with Gasteiger partial charge in [0.05, 0.1) is 17.5 Å². The molecule has 7 heteroatoms. The van der Waals surface area contributed by atoms with Crippen LogP contribution in [0.25, 0.3) is 11.0 Å². The van der Waals surface area contributed by atoms with Crippen molar-refractivity contribution in [2.75, 3.05) is 0 Å². The van der Waals surface area contributed by atoms with E-state index in [4.69, 9.17) is 0 Å². The summed E-state index contributed by atoms with van der Waals surface area (Å²) in [5.41, 5.74) is -0.137. The second-order valence-electron chi connectivity index (χ2n) is 5.65. The molecule has 2 heterocycles. The monoisotopic (exact) mass is 311 g/mol. The fourth-order valence-corrected chi connectivity index (χ4v) is 2.96. The molecule has 0 atom stereocenters. The number of fused-ring (bicyclic) bond motifs is 1. The van der Waals surface area contributed by atoms with Gasteiger partial charge in [-0.15, -0.1) is 0 Å². The molecule has 0 saturated heterocycles. The maximum absolute atomic E-state index is 13.2. The van der Waals surface area contributed by atoms with E-state index in [0.29, 0.717) is 6.54 Å². The second-order valence-corrected chi connectivity index (χ2v) is 5.65. The zero-order chi connectivity index (χ0) is 16.1. The Kier molecular flexibility index (Phi) is 3.38. The molecule has 0 spiro atoms. The summed E-state index contributed by atoms with van der Waals surface area (Å²) in [5, 5.41) is -0.348. The molecule has 0 N–H and O–H groups in total. The molecule has 0 aliphatic heterocycles. The lowest BCUT2D eigenvalue weighted by molar-refractivity contribution is -0.136. The van der Waals surface area contributed by atoms with E-state index >= 15 is 0 Å². The average molecular weight is 311 g/mol. The van der Waals surface area contributed by atoms with Crippen LogP contribution in [0.4, 0.5) is 13.2 Å². The zero-order valence-electron chi connectivity index (χ0n) is 12.4. The highest BCUT2D eigenvalue weighted by molar-refractivity contribution is 5.79. The van der Waals surface area contributed by atoms with Crippen molar-refractivity contribution in [3.8, 4) is 0 Å². The Labute approximate surface area is 124 Å². The number of pyridine rings is 1. The number of alkyl halides is 3. The third kappa shape index (κ3) is 2.34. The second kappa shape index (κ2) is 5.00. The smallest absolute Gasteiger partial charge is 0.268 e. The van der Waals surface area contributed by atoms with Crippen molar-refractivity contribution >= 4 is 11.0 Å². The number of hydrogen-bond acceptors (Lipinski definition) is 2. The van der Waals surface area contributed by atoms with Crippen LogP contribution in [-0.2, 0) is 19.8 Å². The Hall–Kier alpha value is -2.05. The van der Waals surface area contributed by atoms with Gasteiger partial charge in [-0.2, -0.15) is 13.2 Å². The van der Waals surface area contributed by atoms with E-state index < -0.39 is 17.3 Å². The van der Waals surface area contributed by atoms with Crippen LogP contribution in [0.3, 0.4) is 0 Å². The van der Waals surface area contributed by atoms with E-state index in [1.165, 1.54) is 16.3 Å². The van der Waals surface area contributed by atoms with Crippen molar-refractivity contribution in [1.29, 1.82) is 0 Å². The van der Waals surface area contributed by atoms with Crippen molar-refractivity contribution < 1.29 is 13.2 Å². The SMILES string of the molecule is Cc1cc(C(F)(F)F)c2c(=O)n(CC3=CCCC3)n(C)c2n1. The van der Waals surface area contributed by atoms with E-state index in [1.807, 2.05) is 6.08 Å². The Morgan fingerprint density at radius 3 is 2.68 bits per heavy atom. The van der Waals surface area contributed by atoms with Crippen LogP contribution in [0.5, 0.6) is 0 Å². The molecule has 2 aromatic heterocycles. The topological polar surface area (TPSA) is 39.8 Å². The van der Waals surface area contributed by atoms with Crippen LogP contribution in [0, 0.1) is 6.92 Å². The van der Waals surface area contributed by atoms with Crippen LogP contribution < -0.4 is 5.56 Å². The third-order valence-corrected chi connectivity index (χ3v) is 4.04. The Balaban J connectivity index is 2.26. The minimum atomic E-state index is -4.57. The summed E-state index contributed by atoms with van der Waals surface area (Å²) >= 11 is 0. The first-order chi connectivity index (χ1) is 10.3. The normalized spacial score (nSPS) is 15.6. The lowest BCUT2D eigenvalue weighted by atomic mass is 10.1. The van der Waals surface area contributed by atoms with Gasteiger partial charge in [0.1, 0.15) is 0 Å². The van der Waals surface area contributed by atoms with Gasteiger partial charge in [-0.25, -0.2) is 9.67 Å². The van der Waals surface area contributed by atoms with Gasteiger partial charge in [-0.05, 0) is 32.3 Å². The average Bonchev–Trinajstić information content (AvgIpc) is 3.01. The summed E-state index contributed by atoms with van der Waals surface area (Å²) in [6.07, 6.45) is 0.343. The molecule has 4 nitrogen and oxygen atoms in total. The van der Waals surface area contributed by atoms with Gasteiger partial charge in [0.15, 0.2) is 5.65 Å². The predicted octanol–water partition coefficient (Wildman–Crippen LogP) is 3.17. The number of halogens is 3. The van der Waals surface area contributed by atoms with Gasteiger partial charge in [-0.3, -0.25) is 9.48 Å². The molecule has 0 bridgehead atoms. The van der Waals surface area contributed by atoms with E-state index in [2.05, 4.69) is 4.98 Å². The molecule has 118 valence electrons. The maximum Gasteiger partial charge on any atom is 0.417 e. The number of allylic oxidation sites excluding steroid dienone is 2. The van der Waals surface area contributed by atoms with Crippen LogP contribution in [0.15, 0.2) is 22.5 Å². The molecular formula is C15H16F3N3O. The Morgan fingerprint density at radius 2 is 2.09 bits per heavy atom. The first kappa shape index (κ1) is 14.9. The number of nitrogens with zero attached hydrogens (tertiary/aromatic N) is 3. The zero-order valence-corrected chi connectivity index (χ0v) is 12.4. The van der Waals surface area contributed by atoms with Crippen LogP contribution in [0.1, 0.15) is 30.5 Å². The minimum absolute atomic E-state index is 0.0796. The minimum Gasteiger partial charge on any atom is -0.268 e. The largest absolute Gasteiger partial charge is 0.417 e. The lowest BCUT2D eigenvalue weighted by Gasteiger charge is -2.08. The predicted molar refractivity (Wildman–Crippen MR) is 76.6 cm³/mol. The van der Waals surface area contributed by atoms with Gasteiger partial charge in [0, 0.05) is 12.7 Å². The summed E-state index contributed by atoms with van der Waals surface area (Å²) in [6, 6.07) is 0.933. The van der Waals surface area contributed by atoms with E-state index in [9.17, 15) is 18.0 Å². The quantitative estimate of drug-likeness (QED) is 0.799. The first-order valence-corrected chi connectivity index (χ1v) is 7.11.